The van der Waals surface area contributed by atoms with E-state index in [4.69, 9.17) is 14.6 Å². The predicted molar refractivity (Wildman–Crippen MR) is 81.0 cm³/mol. The van der Waals surface area contributed by atoms with Crippen molar-refractivity contribution in [3.05, 3.63) is 27.7 Å². The highest BCUT2D eigenvalue weighted by Gasteiger charge is 2.22. The van der Waals surface area contributed by atoms with Gasteiger partial charge in [-0.05, 0) is 49.3 Å². The van der Waals surface area contributed by atoms with E-state index in [-0.39, 0.29) is 0 Å². The van der Waals surface area contributed by atoms with Crippen LogP contribution in [0.1, 0.15) is 36.8 Å². The van der Waals surface area contributed by atoms with Crippen molar-refractivity contribution < 1.29 is 14.6 Å². The minimum atomic E-state index is 0.319. The summed E-state index contributed by atoms with van der Waals surface area (Å²) in [7, 11) is 0. The summed E-state index contributed by atoms with van der Waals surface area (Å²) in [5.74, 6) is 1.51. The van der Waals surface area contributed by atoms with Gasteiger partial charge in [0.05, 0.1) is 19.3 Å². The standard InChI is InChI=1S/C16H21BrO3/c17-14-7-12-5-6-19-16(12)13(8-14)10-20-15-3-1-11(9-18)2-4-15/h7-8,11,15,18H,1-6,9-10H2. The van der Waals surface area contributed by atoms with Crippen LogP contribution in [0, 0.1) is 5.92 Å². The van der Waals surface area contributed by atoms with Crippen molar-refractivity contribution in [3.63, 3.8) is 0 Å². The van der Waals surface area contributed by atoms with Crippen molar-refractivity contribution in [2.24, 2.45) is 5.92 Å². The highest BCUT2D eigenvalue weighted by atomic mass is 79.9. The fraction of sp³-hybridized carbons (Fsp3) is 0.625. The van der Waals surface area contributed by atoms with Crippen LogP contribution in [0.4, 0.5) is 0 Å². The van der Waals surface area contributed by atoms with Gasteiger partial charge in [-0.15, -0.1) is 0 Å². The molecular formula is C16H21BrO3. The molecule has 1 aromatic rings. The second kappa shape index (κ2) is 6.46. The topological polar surface area (TPSA) is 38.7 Å². The number of aliphatic hydroxyl groups excluding tert-OH is 1. The molecule has 1 N–H and O–H groups in total. The quantitative estimate of drug-likeness (QED) is 0.912. The van der Waals surface area contributed by atoms with Crippen molar-refractivity contribution >= 4 is 15.9 Å². The summed E-state index contributed by atoms with van der Waals surface area (Å²) in [6.07, 6.45) is 5.59. The Hall–Kier alpha value is -0.580. The average molecular weight is 341 g/mol. The monoisotopic (exact) mass is 340 g/mol. The lowest BCUT2D eigenvalue weighted by atomic mass is 9.88. The van der Waals surface area contributed by atoms with Gasteiger partial charge in [0, 0.05) is 23.1 Å². The number of halogens is 1. The fourth-order valence-corrected chi connectivity index (χ4v) is 3.69. The molecule has 3 rings (SSSR count). The predicted octanol–water partition coefficient (Wildman–Crippen LogP) is 3.45. The number of fused-ring (bicyclic) bond motifs is 1. The SMILES string of the molecule is OCC1CCC(OCc2cc(Br)cc3c2OCC3)CC1. The minimum absolute atomic E-state index is 0.319. The van der Waals surface area contributed by atoms with E-state index in [1.54, 1.807) is 0 Å². The zero-order chi connectivity index (χ0) is 13.9. The molecule has 2 aliphatic rings. The lowest BCUT2D eigenvalue weighted by Gasteiger charge is -2.27. The molecule has 20 heavy (non-hydrogen) atoms. The van der Waals surface area contributed by atoms with Gasteiger partial charge in [0.25, 0.3) is 0 Å². The first-order valence-corrected chi connectivity index (χ1v) is 8.22. The van der Waals surface area contributed by atoms with E-state index in [1.807, 2.05) is 0 Å². The Labute approximate surface area is 128 Å². The molecule has 0 spiro atoms. The zero-order valence-electron chi connectivity index (χ0n) is 11.6. The molecule has 4 heteroatoms. The lowest BCUT2D eigenvalue weighted by Crippen LogP contribution is -2.23. The number of benzene rings is 1. The Bertz CT molecular complexity index is 467. The van der Waals surface area contributed by atoms with Crippen LogP contribution < -0.4 is 4.74 Å². The Kier molecular flexibility index (Phi) is 4.64. The van der Waals surface area contributed by atoms with Crippen LogP contribution in [-0.2, 0) is 17.8 Å². The van der Waals surface area contributed by atoms with Crippen molar-refractivity contribution in [2.45, 2.75) is 44.8 Å². The zero-order valence-corrected chi connectivity index (χ0v) is 13.2. The summed E-state index contributed by atoms with van der Waals surface area (Å²) >= 11 is 3.56. The van der Waals surface area contributed by atoms with Crippen LogP contribution in [0.15, 0.2) is 16.6 Å². The van der Waals surface area contributed by atoms with Gasteiger partial charge in [-0.3, -0.25) is 0 Å². The molecule has 1 fully saturated rings. The van der Waals surface area contributed by atoms with E-state index in [0.29, 0.717) is 25.2 Å². The summed E-state index contributed by atoms with van der Waals surface area (Å²) in [6.45, 7) is 1.72. The van der Waals surface area contributed by atoms with Crippen molar-refractivity contribution in [3.8, 4) is 5.75 Å². The van der Waals surface area contributed by atoms with Crippen LogP contribution in [0.5, 0.6) is 5.75 Å². The largest absolute Gasteiger partial charge is 0.493 e. The maximum atomic E-state index is 9.16. The molecule has 1 aliphatic carbocycles. The number of rotatable bonds is 4. The summed E-state index contributed by atoms with van der Waals surface area (Å²) < 4.78 is 12.9. The fourth-order valence-electron chi connectivity index (χ4n) is 3.14. The van der Waals surface area contributed by atoms with E-state index >= 15 is 0 Å². The molecule has 1 saturated carbocycles. The molecule has 0 aromatic heterocycles. The molecule has 1 aliphatic heterocycles. The van der Waals surface area contributed by atoms with Crippen LogP contribution in [0.2, 0.25) is 0 Å². The van der Waals surface area contributed by atoms with Gasteiger partial charge >= 0.3 is 0 Å². The first-order valence-electron chi connectivity index (χ1n) is 7.43. The smallest absolute Gasteiger partial charge is 0.128 e. The van der Waals surface area contributed by atoms with Crippen molar-refractivity contribution in [1.29, 1.82) is 0 Å². The summed E-state index contributed by atoms with van der Waals surface area (Å²) in [5.41, 5.74) is 2.43. The second-order valence-corrected chi connectivity index (χ2v) is 6.70. The lowest BCUT2D eigenvalue weighted by molar-refractivity contribution is 0.000516. The number of hydrogen-bond donors (Lipinski definition) is 1. The van der Waals surface area contributed by atoms with Gasteiger partial charge in [0.2, 0.25) is 0 Å². The van der Waals surface area contributed by atoms with Gasteiger partial charge in [-0.25, -0.2) is 0 Å². The molecule has 3 nitrogen and oxygen atoms in total. The molecule has 0 amide bonds. The molecule has 110 valence electrons. The van der Waals surface area contributed by atoms with E-state index < -0.39 is 0 Å². The third kappa shape index (κ3) is 3.18. The molecular weight excluding hydrogens is 320 g/mol. The minimum Gasteiger partial charge on any atom is -0.493 e. The maximum absolute atomic E-state index is 9.16. The van der Waals surface area contributed by atoms with Gasteiger partial charge in [0.15, 0.2) is 0 Å². The molecule has 0 bridgehead atoms. The highest BCUT2D eigenvalue weighted by molar-refractivity contribution is 9.10. The van der Waals surface area contributed by atoms with Crippen LogP contribution >= 0.6 is 15.9 Å². The Balaban J connectivity index is 1.59. The van der Waals surface area contributed by atoms with E-state index in [9.17, 15) is 0 Å². The Morgan fingerprint density at radius 1 is 1.25 bits per heavy atom. The summed E-state index contributed by atoms with van der Waals surface area (Å²) in [4.78, 5) is 0. The molecule has 0 saturated heterocycles. The van der Waals surface area contributed by atoms with Crippen molar-refractivity contribution in [2.75, 3.05) is 13.2 Å². The summed E-state index contributed by atoms with van der Waals surface area (Å²) in [5, 5.41) is 9.16. The second-order valence-electron chi connectivity index (χ2n) is 5.79. The third-order valence-corrected chi connectivity index (χ3v) is 4.81. The molecule has 0 radical (unpaired) electrons. The van der Waals surface area contributed by atoms with Crippen LogP contribution in [-0.4, -0.2) is 24.4 Å². The van der Waals surface area contributed by atoms with Gasteiger partial charge < -0.3 is 14.6 Å². The third-order valence-electron chi connectivity index (χ3n) is 4.35. The normalized spacial score (nSPS) is 25.3. The average Bonchev–Trinajstić information content (AvgIpc) is 2.93. The van der Waals surface area contributed by atoms with Crippen LogP contribution in [0.25, 0.3) is 0 Å². The van der Waals surface area contributed by atoms with E-state index in [0.717, 1.165) is 54.5 Å². The number of hydrogen-bond acceptors (Lipinski definition) is 3. The van der Waals surface area contributed by atoms with Crippen molar-refractivity contribution in [1.82, 2.24) is 0 Å². The Morgan fingerprint density at radius 3 is 2.80 bits per heavy atom. The molecule has 1 aromatic carbocycles. The molecule has 0 atom stereocenters. The van der Waals surface area contributed by atoms with Crippen LogP contribution in [0.3, 0.4) is 0 Å². The molecule has 1 heterocycles. The number of ether oxygens (including phenoxy) is 2. The highest BCUT2D eigenvalue weighted by Crippen LogP contribution is 2.34. The van der Waals surface area contributed by atoms with Gasteiger partial charge in [0.1, 0.15) is 5.75 Å². The van der Waals surface area contributed by atoms with Gasteiger partial charge in [-0.2, -0.15) is 0 Å². The van der Waals surface area contributed by atoms with Gasteiger partial charge in [-0.1, -0.05) is 15.9 Å². The number of aliphatic hydroxyl groups is 1. The summed E-state index contributed by atoms with van der Waals surface area (Å²) in [6, 6.07) is 4.24. The first-order chi connectivity index (χ1) is 9.76. The Morgan fingerprint density at radius 2 is 2.05 bits per heavy atom. The maximum Gasteiger partial charge on any atom is 0.128 e. The molecule has 0 unspecified atom stereocenters. The first kappa shape index (κ1) is 14.4. The van der Waals surface area contributed by atoms with E-state index in [1.165, 1.54) is 5.56 Å². The van der Waals surface area contributed by atoms with E-state index in [2.05, 4.69) is 28.1 Å².